The summed E-state index contributed by atoms with van der Waals surface area (Å²) in [4.78, 5) is 0. The molecule has 0 radical (unpaired) electrons. The van der Waals surface area contributed by atoms with Gasteiger partial charge in [0.05, 0.1) is 6.61 Å². The van der Waals surface area contributed by atoms with Gasteiger partial charge in [0, 0.05) is 11.1 Å². The number of ether oxygens (including phenoxy) is 2. The summed E-state index contributed by atoms with van der Waals surface area (Å²) in [5.41, 5.74) is 6.46. The smallest absolute Gasteiger partial charge is 0.151 e. The van der Waals surface area contributed by atoms with Crippen LogP contribution in [0.1, 0.15) is 33.4 Å². The van der Waals surface area contributed by atoms with Gasteiger partial charge in [-0.25, -0.2) is 0 Å². The Kier molecular flexibility index (Phi) is 2.71. The van der Waals surface area contributed by atoms with Gasteiger partial charge in [-0.1, -0.05) is 48.5 Å². The summed E-state index contributed by atoms with van der Waals surface area (Å²) in [6.07, 6.45) is 0. The van der Waals surface area contributed by atoms with Crippen molar-refractivity contribution in [3.8, 4) is 11.5 Å². The van der Waals surface area contributed by atoms with E-state index < -0.39 is 5.60 Å². The molecule has 3 aromatic carbocycles. The van der Waals surface area contributed by atoms with Gasteiger partial charge >= 0.3 is 0 Å². The molecule has 2 nitrogen and oxygen atoms in total. The van der Waals surface area contributed by atoms with Gasteiger partial charge in [0.1, 0.15) is 11.5 Å². The maximum Gasteiger partial charge on any atom is 0.151 e. The first-order chi connectivity index (χ1) is 11.7. The number of rotatable bonds is 0. The molecule has 5 rings (SSSR count). The topological polar surface area (TPSA) is 18.5 Å². The van der Waals surface area contributed by atoms with Crippen LogP contribution in [0.2, 0.25) is 0 Å². The van der Waals surface area contributed by atoms with Gasteiger partial charge in [-0.05, 0) is 48.2 Å². The monoisotopic (exact) mass is 314 g/mol. The Balaban J connectivity index is 1.88. The minimum Gasteiger partial charge on any atom is -0.456 e. The van der Waals surface area contributed by atoms with Gasteiger partial charge in [0.2, 0.25) is 0 Å². The van der Waals surface area contributed by atoms with Crippen LogP contribution in [0, 0.1) is 13.8 Å². The molecule has 3 aromatic rings. The van der Waals surface area contributed by atoms with Crippen molar-refractivity contribution in [2.75, 3.05) is 0 Å². The second kappa shape index (κ2) is 4.71. The maximum absolute atomic E-state index is 6.50. The van der Waals surface area contributed by atoms with Crippen molar-refractivity contribution in [1.29, 1.82) is 0 Å². The van der Waals surface area contributed by atoms with E-state index in [1.807, 2.05) is 0 Å². The van der Waals surface area contributed by atoms with Crippen LogP contribution in [0.15, 0.2) is 60.7 Å². The van der Waals surface area contributed by atoms with Gasteiger partial charge in [-0.15, -0.1) is 0 Å². The summed E-state index contributed by atoms with van der Waals surface area (Å²) in [5.74, 6) is 1.79. The number of aryl methyl sites for hydroxylation is 2. The number of hydrogen-bond acceptors (Lipinski definition) is 2. The van der Waals surface area contributed by atoms with E-state index in [0.29, 0.717) is 6.61 Å². The highest BCUT2D eigenvalue weighted by Gasteiger charge is 2.49. The van der Waals surface area contributed by atoms with Crippen LogP contribution in [-0.2, 0) is 16.9 Å². The molecule has 118 valence electrons. The van der Waals surface area contributed by atoms with Crippen molar-refractivity contribution in [3.63, 3.8) is 0 Å². The molecule has 24 heavy (non-hydrogen) atoms. The first-order valence-corrected chi connectivity index (χ1v) is 8.31. The summed E-state index contributed by atoms with van der Waals surface area (Å²) in [5, 5.41) is 0. The molecule has 2 aliphatic heterocycles. The van der Waals surface area contributed by atoms with E-state index in [1.54, 1.807) is 0 Å². The summed E-state index contributed by atoms with van der Waals surface area (Å²) < 4.78 is 12.8. The number of hydrogen-bond donors (Lipinski definition) is 0. The third-order valence-corrected chi connectivity index (χ3v) is 5.09. The predicted octanol–water partition coefficient (Wildman–Crippen LogP) is 5.23. The fourth-order valence-electron chi connectivity index (χ4n) is 3.97. The third kappa shape index (κ3) is 1.69. The molecule has 0 unspecified atom stereocenters. The summed E-state index contributed by atoms with van der Waals surface area (Å²) in [6, 6.07) is 21.3. The zero-order chi connectivity index (χ0) is 16.3. The fourth-order valence-corrected chi connectivity index (χ4v) is 3.97. The molecule has 0 atom stereocenters. The molecule has 2 heterocycles. The lowest BCUT2D eigenvalue weighted by Gasteiger charge is -2.37. The van der Waals surface area contributed by atoms with Crippen LogP contribution in [0.4, 0.5) is 0 Å². The normalized spacial score (nSPS) is 16.2. The van der Waals surface area contributed by atoms with E-state index in [2.05, 4.69) is 74.5 Å². The third-order valence-electron chi connectivity index (χ3n) is 5.09. The van der Waals surface area contributed by atoms with E-state index >= 15 is 0 Å². The highest BCUT2D eigenvalue weighted by Crippen LogP contribution is 2.56. The molecule has 0 fully saturated rings. The average Bonchev–Trinajstić information content (AvgIpc) is 2.95. The molecule has 0 saturated carbocycles. The SMILES string of the molecule is Cc1ccc2c(c1)Oc1cc(C)ccc1C21OCc2ccccc21. The Morgan fingerprint density at radius 1 is 0.750 bits per heavy atom. The molecule has 2 aliphatic rings. The van der Waals surface area contributed by atoms with Gasteiger partial charge in [0.15, 0.2) is 5.60 Å². The predicted molar refractivity (Wildman–Crippen MR) is 93.5 cm³/mol. The van der Waals surface area contributed by atoms with Crippen LogP contribution in [0.3, 0.4) is 0 Å². The molecule has 2 heteroatoms. The Morgan fingerprint density at radius 3 is 2.04 bits per heavy atom. The molecule has 0 aliphatic carbocycles. The van der Waals surface area contributed by atoms with E-state index in [1.165, 1.54) is 22.3 Å². The summed E-state index contributed by atoms with van der Waals surface area (Å²) in [6.45, 7) is 4.80. The highest BCUT2D eigenvalue weighted by molar-refractivity contribution is 5.64. The van der Waals surface area contributed by atoms with Crippen LogP contribution in [0.25, 0.3) is 0 Å². The Bertz CT molecular complexity index is 920. The second-order valence-corrected chi connectivity index (χ2v) is 6.73. The largest absolute Gasteiger partial charge is 0.456 e. The van der Waals surface area contributed by atoms with Crippen molar-refractivity contribution >= 4 is 0 Å². The molecule has 0 N–H and O–H groups in total. The van der Waals surface area contributed by atoms with Crippen LogP contribution in [0.5, 0.6) is 11.5 Å². The second-order valence-electron chi connectivity index (χ2n) is 6.73. The first kappa shape index (κ1) is 13.8. The Labute approximate surface area is 141 Å². The Hall–Kier alpha value is -2.58. The molecular weight excluding hydrogens is 296 g/mol. The van der Waals surface area contributed by atoms with Crippen molar-refractivity contribution in [2.45, 2.75) is 26.1 Å². The molecule has 0 bridgehead atoms. The zero-order valence-electron chi connectivity index (χ0n) is 13.8. The van der Waals surface area contributed by atoms with Crippen molar-refractivity contribution in [2.24, 2.45) is 0 Å². The van der Waals surface area contributed by atoms with Crippen LogP contribution < -0.4 is 4.74 Å². The Morgan fingerprint density at radius 2 is 1.38 bits per heavy atom. The van der Waals surface area contributed by atoms with Crippen molar-refractivity contribution < 1.29 is 9.47 Å². The van der Waals surface area contributed by atoms with Crippen LogP contribution in [-0.4, -0.2) is 0 Å². The minimum atomic E-state index is -0.569. The van der Waals surface area contributed by atoms with E-state index in [4.69, 9.17) is 9.47 Å². The standard InChI is InChI=1S/C22H18O2/c1-14-7-9-18-20(11-14)24-21-12-15(2)8-10-19(21)22(18)17-6-4-3-5-16(17)13-23-22/h3-12H,13H2,1-2H3. The van der Waals surface area contributed by atoms with Gasteiger partial charge in [-0.3, -0.25) is 0 Å². The van der Waals surface area contributed by atoms with E-state index in [0.717, 1.165) is 22.6 Å². The lowest BCUT2D eigenvalue weighted by molar-refractivity contribution is 0.0199. The number of fused-ring (bicyclic) bond motifs is 6. The van der Waals surface area contributed by atoms with Gasteiger partial charge in [0.25, 0.3) is 0 Å². The molecule has 0 saturated heterocycles. The van der Waals surface area contributed by atoms with E-state index in [9.17, 15) is 0 Å². The summed E-state index contributed by atoms with van der Waals surface area (Å²) in [7, 11) is 0. The molecule has 0 aromatic heterocycles. The first-order valence-electron chi connectivity index (χ1n) is 8.31. The van der Waals surface area contributed by atoms with Crippen molar-refractivity contribution in [1.82, 2.24) is 0 Å². The van der Waals surface area contributed by atoms with Crippen LogP contribution >= 0.6 is 0 Å². The highest BCUT2D eigenvalue weighted by atomic mass is 16.5. The molecular formula is C22H18O2. The van der Waals surface area contributed by atoms with E-state index in [-0.39, 0.29) is 0 Å². The zero-order valence-corrected chi connectivity index (χ0v) is 13.8. The fraction of sp³-hybridized carbons (Fsp3) is 0.182. The summed E-state index contributed by atoms with van der Waals surface area (Å²) >= 11 is 0. The van der Waals surface area contributed by atoms with Gasteiger partial charge < -0.3 is 9.47 Å². The maximum atomic E-state index is 6.50. The van der Waals surface area contributed by atoms with Gasteiger partial charge in [-0.2, -0.15) is 0 Å². The molecule has 0 amide bonds. The quantitative estimate of drug-likeness (QED) is 0.565. The lowest BCUT2D eigenvalue weighted by atomic mass is 9.77. The number of benzene rings is 3. The average molecular weight is 314 g/mol. The van der Waals surface area contributed by atoms with Crippen molar-refractivity contribution in [3.05, 3.63) is 94.0 Å². The lowest BCUT2D eigenvalue weighted by Crippen LogP contribution is -2.32. The molecule has 1 spiro atoms. The minimum absolute atomic E-state index is 0.569.